The fourth-order valence-corrected chi connectivity index (χ4v) is 4.74. The fourth-order valence-electron chi connectivity index (χ4n) is 4.74. The molecule has 206 valence electrons. The van der Waals surface area contributed by atoms with Gasteiger partial charge < -0.3 is 15.9 Å². The first-order valence-corrected chi connectivity index (χ1v) is 13.4. The first-order valence-electron chi connectivity index (χ1n) is 13.4. The second-order valence-electron chi connectivity index (χ2n) is 9.89. The van der Waals surface area contributed by atoms with E-state index in [1.807, 2.05) is 60.7 Å². The van der Waals surface area contributed by atoms with Gasteiger partial charge in [-0.05, 0) is 74.1 Å². The Kier molecular flexibility index (Phi) is 9.54. The van der Waals surface area contributed by atoms with Crippen LogP contribution in [0.1, 0.15) is 50.2 Å². The Balaban J connectivity index is 1.67. The third-order valence-electron chi connectivity index (χ3n) is 7.00. The molecular formula is C33H35N3O4. The maximum absolute atomic E-state index is 13.9. The van der Waals surface area contributed by atoms with Gasteiger partial charge in [-0.1, -0.05) is 72.8 Å². The van der Waals surface area contributed by atoms with Crippen molar-refractivity contribution in [1.29, 1.82) is 0 Å². The number of benzene rings is 4. The van der Waals surface area contributed by atoms with Crippen molar-refractivity contribution in [3.05, 3.63) is 131 Å². The van der Waals surface area contributed by atoms with Crippen LogP contribution in [0.3, 0.4) is 0 Å². The average Bonchev–Trinajstić information content (AvgIpc) is 2.97. The van der Waals surface area contributed by atoms with E-state index < -0.39 is 24.0 Å². The molecule has 7 heteroatoms. The van der Waals surface area contributed by atoms with E-state index in [9.17, 15) is 19.8 Å². The van der Waals surface area contributed by atoms with Gasteiger partial charge in [0.15, 0.2) is 0 Å². The summed E-state index contributed by atoms with van der Waals surface area (Å²) in [6.07, 6.45) is 1.23. The van der Waals surface area contributed by atoms with E-state index >= 15 is 0 Å². The van der Waals surface area contributed by atoms with Crippen molar-refractivity contribution in [1.82, 2.24) is 10.4 Å². The highest BCUT2D eigenvalue weighted by Gasteiger charge is 2.33. The number of phenolic OH excluding ortho intramolecular Hbond substituents is 1. The summed E-state index contributed by atoms with van der Waals surface area (Å²) in [5, 5.41) is 22.9. The molecule has 0 aliphatic carbocycles. The largest absolute Gasteiger partial charge is 0.508 e. The SMILES string of the molecule is Cc1c(O)cccc1C(=O)NN(C(=O)c1cccc(N)c1)C(Cc1ccccc1)C(O)CCCc1ccccc1. The number of nitrogens with one attached hydrogen (secondary N) is 1. The van der Waals surface area contributed by atoms with Crippen molar-refractivity contribution in [2.45, 2.75) is 44.8 Å². The van der Waals surface area contributed by atoms with Crippen molar-refractivity contribution in [3.63, 3.8) is 0 Å². The van der Waals surface area contributed by atoms with Crippen LogP contribution in [0.5, 0.6) is 5.75 Å². The van der Waals surface area contributed by atoms with Crippen LogP contribution in [0.15, 0.2) is 103 Å². The number of aliphatic hydroxyl groups excluding tert-OH is 1. The molecule has 0 bridgehead atoms. The monoisotopic (exact) mass is 537 g/mol. The molecule has 4 aromatic rings. The smallest absolute Gasteiger partial charge is 0.272 e. The zero-order valence-corrected chi connectivity index (χ0v) is 22.5. The van der Waals surface area contributed by atoms with Crippen LogP contribution in [0.25, 0.3) is 0 Å². The third-order valence-corrected chi connectivity index (χ3v) is 7.00. The van der Waals surface area contributed by atoms with Crippen LogP contribution >= 0.6 is 0 Å². The minimum Gasteiger partial charge on any atom is -0.508 e. The van der Waals surface area contributed by atoms with Crippen molar-refractivity contribution < 1.29 is 19.8 Å². The normalized spacial score (nSPS) is 12.3. The molecule has 4 aromatic carbocycles. The van der Waals surface area contributed by atoms with Gasteiger partial charge >= 0.3 is 0 Å². The number of aryl methyl sites for hydroxylation is 1. The molecular weight excluding hydrogens is 502 g/mol. The Morgan fingerprint density at radius 3 is 2.20 bits per heavy atom. The number of rotatable bonds is 10. The maximum Gasteiger partial charge on any atom is 0.272 e. The number of nitrogen functional groups attached to an aromatic ring is 1. The molecule has 0 radical (unpaired) electrons. The summed E-state index contributed by atoms with van der Waals surface area (Å²) in [4.78, 5) is 27.4. The molecule has 5 N–H and O–H groups in total. The van der Waals surface area contributed by atoms with Gasteiger partial charge in [-0.3, -0.25) is 15.0 Å². The predicted octanol–water partition coefficient (Wildman–Crippen LogP) is 5.07. The van der Waals surface area contributed by atoms with Gasteiger partial charge in [0, 0.05) is 22.4 Å². The summed E-state index contributed by atoms with van der Waals surface area (Å²) in [7, 11) is 0. The number of phenols is 1. The predicted molar refractivity (Wildman–Crippen MR) is 157 cm³/mol. The summed E-state index contributed by atoms with van der Waals surface area (Å²) < 4.78 is 0. The average molecular weight is 538 g/mol. The van der Waals surface area contributed by atoms with Crippen LogP contribution in [-0.2, 0) is 12.8 Å². The van der Waals surface area contributed by atoms with E-state index in [2.05, 4.69) is 5.43 Å². The van der Waals surface area contributed by atoms with Crippen LogP contribution < -0.4 is 11.2 Å². The molecule has 0 heterocycles. The van der Waals surface area contributed by atoms with Gasteiger partial charge in [-0.25, -0.2) is 5.01 Å². The number of nitrogens with two attached hydrogens (primary N) is 1. The molecule has 2 unspecified atom stereocenters. The van der Waals surface area contributed by atoms with E-state index in [4.69, 9.17) is 5.73 Å². The summed E-state index contributed by atoms with van der Waals surface area (Å²) in [5.41, 5.74) is 12.1. The maximum atomic E-state index is 13.9. The van der Waals surface area contributed by atoms with Crippen molar-refractivity contribution in [2.75, 3.05) is 5.73 Å². The number of aliphatic hydroxyl groups is 1. The molecule has 0 aliphatic heterocycles. The van der Waals surface area contributed by atoms with E-state index in [-0.39, 0.29) is 16.9 Å². The summed E-state index contributed by atoms with van der Waals surface area (Å²) >= 11 is 0. The zero-order chi connectivity index (χ0) is 28.5. The molecule has 2 amide bonds. The first kappa shape index (κ1) is 28.4. The van der Waals surface area contributed by atoms with Crippen LogP contribution in [-0.4, -0.2) is 39.2 Å². The lowest BCUT2D eigenvalue weighted by molar-refractivity contribution is 0.0127. The molecule has 7 nitrogen and oxygen atoms in total. The minimum absolute atomic E-state index is 0.0249. The number of anilines is 1. The highest BCUT2D eigenvalue weighted by atomic mass is 16.3. The number of hydrazine groups is 1. The zero-order valence-electron chi connectivity index (χ0n) is 22.5. The van der Waals surface area contributed by atoms with Crippen LogP contribution in [0.2, 0.25) is 0 Å². The van der Waals surface area contributed by atoms with Crippen LogP contribution in [0.4, 0.5) is 5.69 Å². The molecule has 0 spiro atoms. The molecule has 0 saturated carbocycles. The van der Waals surface area contributed by atoms with E-state index in [0.29, 0.717) is 30.5 Å². The molecule has 0 aliphatic rings. The van der Waals surface area contributed by atoms with E-state index in [0.717, 1.165) is 17.5 Å². The molecule has 40 heavy (non-hydrogen) atoms. The standard InChI is InChI=1S/C33H35N3O4/c1-23-28(18-10-19-30(23)37)32(39)35-36(33(40)26-16-9-17-27(34)22-26)29(21-25-13-6-3-7-14-25)31(38)20-8-15-24-11-4-2-5-12-24/h2-7,9-14,16-19,22,29,31,37-38H,8,15,20-21,34H2,1H3,(H,35,39). The second kappa shape index (κ2) is 13.4. The molecule has 0 saturated heterocycles. The molecule has 2 atom stereocenters. The molecule has 0 fully saturated rings. The number of nitrogens with zero attached hydrogens (tertiary/aromatic N) is 1. The molecule has 0 aromatic heterocycles. The fraction of sp³-hybridized carbons (Fsp3) is 0.212. The number of hydrogen-bond acceptors (Lipinski definition) is 5. The third kappa shape index (κ3) is 7.27. The number of carbonyl (C=O) groups is 2. The topological polar surface area (TPSA) is 116 Å². The van der Waals surface area contributed by atoms with Gasteiger partial charge in [-0.15, -0.1) is 0 Å². The lowest BCUT2D eigenvalue weighted by Crippen LogP contribution is -2.57. The second-order valence-corrected chi connectivity index (χ2v) is 9.89. The summed E-state index contributed by atoms with van der Waals surface area (Å²) in [6.45, 7) is 1.63. The van der Waals surface area contributed by atoms with Crippen molar-refractivity contribution >= 4 is 17.5 Å². The lowest BCUT2D eigenvalue weighted by Gasteiger charge is -2.35. The Morgan fingerprint density at radius 2 is 1.52 bits per heavy atom. The van der Waals surface area contributed by atoms with Crippen LogP contribution in [0, 0.1) is 6.92 Å². The Hall–Kier alpha value is -4.62. The number of amides is 2. The van der Waals surface area contributed by atoms with Crippen molar-refractivity contribution in [2.24, 2.45) is 0 Å². The quantitative estimate of drug-likeness (QED) is 0.167. The number of carbonyl (C=O) groups excluding carboxylic acids is 2. The first-order chi connectivity index (χ1) is 19.3. The van der Waals surface area contributed by atoms with Gasteiger partial charge in [0.2, 0.25) is 0 Å². The van der Waals surface area contributed by atoms with E-state index in [1.54, 1.807) is 43.3 Å². The van der Waals surface area contributed by atoms with Gasteiger partial charge in [0.1, 0.15) is 5.75 Å². The highest BCUT2D eigenvalue weighted by molar-refractivity contribution is 6.00. The van der Waals surface area contributed by atoms with Gasteiger partial charge in [-0.2, -0.15) is 0 Å². The summed E-state index contributed by atoms with van der Waals surface area (Å²) in [6, 6.07) is 29.9. The number of hydrogen-bond donors (Lipinski definition) is 4. The molecule has 4 rings (SSSR count). The Bertz CT molecular complexity index is 1430. The van der Waals surface area contributed by atoms with Gasteiger partial charge in [0.25, 0.3) is 11.8 Å². The van der Waals surface area contributed by atoms with Gasteiger partial charge in [0.05, 0.1) is 12.1 Å². The summed E-state index contributed by atoms with van der Waals surface area (Å²) in [5.74, 6) is -1.09. The van der Waals surface area contributed by atoms with Crippen molar-refractivity contribution in [3.8, 4) is 5.75 Å². The minimum atomic E-state index is -0.945. The Labute approximate surface area is 234 Å². The number of aromatic hydroxyl groups is 1. The highest BCUT2D eigenvalue weighted by Crippen LogP contribution is 2.22. The lowest BCUT2D eigenvalue weighted by atomic mass is 9.95. The Morgan fingerprint density at radius 1 is 0.875 bits per heavy atom. The van der Waals surface area contributed by atoms with E-state index in [1.165, 1.54) is 11.1 Å².